The zero-order chi connectivity index (χ0) is 44.2. The molecule has 0 amide bonds. The molecule has 4 saturated heterocycles. The Hall–Kier alpha value is 0.682. The van der Waals surface area contributed by atoms with Crippen LogP contribution in [0.2, 0.25) is 44.8 Å². The zero-order valence-corrected chi connectivity index (χ0v) is 49.1. The number of esters is 1. The lowest BCUT2D eigenvalue weighted by molar-refractivity contribution is -0.139. The lowest BCUT2D eigenvalue weighted by Gasteiger charge is -2.63. The maximum Gasteiger partial charge on any atom is 0.482 e. The maximum atomic E-state index is 12.9. The number of ether oxygens (including phenoxy) is 1. The molecule has 0 spiro atoms. The second-order valence-corrected chi connectivity index (χ2v) is 48.5. The lowest BCUT2D eigenvalue weighted by atomic mass is 10.4. The van der Waals surface area contributed by atoms with Gasteiger partial charge in [-0.15, -0.1) is 0 Å². The monoisotopic (exact) mass is 1060 g/mol. The Morgan fingerprint density at radius 3 is 1.15 bits per heavy atom. The van der Waals surface area contributed by atoms with Crippen molar-refractivity contribution in [3.63, 3.8) is 0 Å². The van der Waals surface area contributed by atoms with E-state index < -0.39 is 81.4 Å². The highest BCUT2D eigenvalue weighted by molar-refractivity contribution is 7.01. The summed E-state index contributed by atoms with van der Waals surface area (Å²) in [7, 11) is -30.4. The van der Waals surface area contributed by atoms with Gasteiger partial charge in [-0.2, -0.15) is 0 Å². The van der Waals surface area contributed by atoms with Gasteiger partial charge < -0.3 is 54.1 Å². The Morgan fingerprint density at radius 1 is 0.492 bits per heavy atom. The van der Waals surface area contributed by atoms with E-state index in [1.54, 1.807) is 6.92 Å². The van der Waals surface area contributed by atoms with E-state index in [4.69, 9.17) is 54.1 Å². The number of carbonyl (C=O) groups excluding carboxylic acids is 1. The van der Waals surface area contributed by atoms with Crippen LogP contribution in [-0.2, 0) is 58.9 Å². The van der Waals surface area contributed by atoms with Gasteiger partial charge in [-0.05, 0) is 95.9 Å². The largest absolute Gasteiger partial charge is 0.482 e. The molecular formula is C42H78O14Si9. The lowest BCUT2D eigenvalue weighted by Crippen LogP contribution is -2.86. The van der Waals surface area contributed by atoms with Gasteiger partial charge in [-0.1, -0.05) is 109 Å². The van der Waals surface area contributed by atoms with Crippen molar-refractivity contribution in [1.82, 2.24) is 0 Å². The molecule has 0 aromatic carbocycles. The Morgan fingerprint density at radius 2 is 0.800 bits per heavy atom. The minimum absolute atomic E-state index is 0.0135. The van der Waals surface area contributed by atoms with E-state index in [-0.39, 0.29) is 45.8 Å². The Kier molecular flexibility index (Phi) is 14.5. The van der Waals surface area contributed by atoms with Crippen molar-refractivity contribution in [2.24, 2.45) is 0 Å². The molecule has 0 aromatic heterocycles. The minimum Gasteiger partial charge on any atom is -0.462 e. The second kappa shape index (κ2) is 19.6. The molecule has 0 radical (unpaired) electrons. The topological polar surface area (TPSA) is 137 Å². The summed E-state index contributed by atoms with van der Waals surface area (Å²) in [5, 5.41) is 0. The highest BCUT2D eigenvalue weighted by atomic mass is 28.6. The summed E-state index contributed by atoms with van der Waals surface area (Å²) < 4.78 is 104. The van der Waals surface area contributed by atoms with Crippen molar-refractivity contribution in [3.05, 3.63) is 12.2 Å². The summed E-state index contributed by atoms with van der Waals surface area (Å²) in [4.78, 5) is 12.9. The average Bonchev–Trinajstić information content (AvgIpc) is 4.13. The van der Waals surface area contributed by atoms with Gasteiger partial charge in [0, 0.05) is 44.9 Å². The molecule has 7 aliphatic carbocycles. The predicted octanol–water partition coefficient (Wildman–Crippen LogP) is 9.43. The molecule has 23 heteroatoms. The first kappa shape index (κ1) is 48.0. The standard InChI is InChI=1S/C42H78O14Si9/c1-34(2)42(43)44-32-17-33-59(45-57-35-18-3-4-19-35)48-62(38-24-9-10-25-38)50-60(36-20-5-6-21-36)46-58-47-61(37-22-7-8-23-37)51-63(49-59,39-26-11-12-27-39)55-65(54-62,41-30-15-16-31-41)56-64(52-60,53-61)40-28-13-14-29-40/h35-41H,1,3-33,57-58H2,2H3. The number of hydrogen-bond acceptors (Lipinski definition) is 14. The van der Waals surface area contributed by atoms with Crippen LogP contribution in [0, 0.1) is 0 Å². The summed E-state index contributed by atoms with van der Waals surface area (Å²) in [6.07, 6.45) is 29.7. The minimum atomic E-state index is -4.03. The fourth-order valence-corrected chi connectivity index (χ4v) is 67.4. The number of hydrogen-bond donors (Lipinski definition) is 0. The molecule has 0 N–H and O–H groups in total. The summed E-state index contributed by atoms with van der Waals surface area (Å²) in [6, 6.07) is 0.437. The van der Waals surface area contributed by atoms with Crippen molar-refractivity contribution >= 4 is 87.4 Å². The quantitative estimate of drug-likeness (QED) is 0.0707. The van der Waals surface area contributed by atoms with Gasteiger partial charge in [0.15, 0.2) is 9.76 Å². The van der Waals surface area contributed by atoms with E-state index in [0.29, 0.717) is 23.6 Å². The third-order valence-electron chi connectivity index (χ3n) is 17.5. The number of fused-ring (bicyclic) bond motifs is 4. The Balaban J connectivity index is 1.16. The molecule has 6 bridgehead atoms. The summed E-state index contributed by atoms with van der Waals surface area (Å²) >= 11 is 0. The fourth-order valence-electron chi connectivity index (χ4n) is 13.9. The third-order valence-corrected chi connectivity index (χ3v) is 56.5. The van der Waals surface area contributed by atoms with Crippen LogP contribution in [0.5, 0.6) is 0 Å². The van der Waals surface area contributed by atoms with Crippen LogP contribution in [0.3, 0.4) is 0 Å². The number of rotatable bonds is 14. The van der Waals surface area contributed by atoms with Gasteiger partial charge >= 0.3 is 67.6 Å². The van der Waals surface area contributed by atoms with E-state index in [0.717, 1.165) is 154 Å². The Bertz CT molecular complexity index is 1630. The predicted molar refractivity (Wildman–Crippen MR) is 261 cm³/mol. The van der Waals surface area contributed by atoms with Gasteiger partial charge in [0.2, 0.25) is 0 Å². The van der Waals surface area contributed by atoms with E-state index in [2.05, 4.69) is 6.58 Å². The molecule has 4 atom stereocenters. The smallest absolute Gasteiger partial charge is 0.462 e. The first-order valence-electron chi connectivity index (χ1n) is 26.7. The summed E-state index contributed by atoms with van der Waals surface area (Å²) in [5.74, 6) is -0.387. The van der Waals surface area contributed by atoms with Gasteiger partial charge in [-0.25, -0.2) is 4.79 Å². The third kappa shape index (κ3) is 9.26. The Labute approximate surface area is 400 Å². The van der Waals surface area contributed by atoms with E-state index >= 15 is 0 Å². The molecule has 366 valence electrons. The molecule has 14 nitrogen and oxygen atoms in total. The van der Waals surface area contributed by atoms with Gasteiger partial charge in [0.1, 0.15) is 0 Å². The second-order valence-electron chi connectivity index (χ2n) is 22.0. The van der Waals surface area contributed by atoms with Gasteiger partial charge in [-0.3, -0.25) is 0 Å². The molecule has 4 aliphatic heterocycles. The van der Waals surface area contributed by atoms with Crippen LogP contribution in [0.15, 0.2) is 12.2 Å². The molecule has 0 aromatic rings. The molecule has 7 saturated carbocycles. The molecule has 65 heavy (non-hydrogen) atoms. The average molecular weight is 1060 g/mol. The molecular weight excluding hydrogens is 981 g/mol. The van der Waals surface area contributed by atoms with Crippen molar-refractivity contribution in [1.29, 1.82) is 0 Å². The van der Waals surface area contributed by atoms with E-state index in [9.17, 15) is 4.79 Å². The van der Waals surface area contributed by atoms with Crippen molar-refractivity contribution in [2.45, 2.75) is 238 Å². The number of carbonyl (C=O) groups is 1. The van der Waals surface area contributed by atoms with Gasteiger partial charge in [0.25, 0.3) is 10.0 Å². The van der Waals surface area contributed by atoms with Crippen molar-refractivity contribution in [2.75, 3.05) is 6.61 Å². The fraction of sp³-hybridized carbons (Fsp3) is 0.929. The van der Waals surface area contributed by atoms with Crippen LogP contribution >= 0.6 is 0 Å². The van der Waals surface area contributed by atoms with Crippen molar-refractivity contribution < 1.29 is 58.9 Å². The van der Waals surface area contributed by atoms with Crippen LogP contribution in [-0.4, -0.2) is 94.0 Å². The van der Waals surface area contributed by atoms with Crippen LogP contribution in [0.4, 0.5) is 0 Å². The van der Waals surface area contributed by atoms with Crippen LogP contribution < -0.4 is 0 Å². The first-order chi connectivity index (χ1) is 31.6. The molecule has 11 fully saturated rings. The molecule has 4 unspecified atom stereocenters. The maximum absolute atomic E-state index is 12.9. The molecule has 11 rings (SSSR count). The summed E-state index contributed by atoms with van der Waals surface area (Å²) in [5.41, 5.74) is 1.10. The van der Waals surface area contributed by atoms with Gasteiger partial charge in [0.05, 0.1) is 6.61 Å². The SMILES string of the molecule is C=C(C)C(=O)OCCC[Si]1(O[SiH2]C2CCCC2)O[Si]2(C3CCCC3)O[Si]3(C4CCCC4)O[SiH2]O[Si]4(C5CCCC5)O[Si](C5CCCC5)(O1)O[Si](C1CCCC1)(O2)O[Si](C1CCCC1)(O3)O4. The van der Waals surface area contributed by atoms with E-state index in [1.807, 2.05) is 0 Å². The summed E-state index contributed by atoms with van der Waals surface area (Å²) in [6.45, 7) is 5.77. The molecule has 11 aliphatic rings. The highest BCUT2D eigenvalue weighted by Crippen LogP contribution is 2.63. The zero-order valence-electron chi connectivity index (χ0n) is 39.3. The highest BCUT2D eigenvalue weighted by Gasteiger charge is 2.83. The van der Waals surface area contributed by atoms with Crippen molar-refractivity contribution in [3.8, 4) is 0 Å². The normalized spacial score (nSPS) is 43.5. The van der Waals surface area contributed by atoms with Crippen LogP contribution in [0.25, 0.3) is 0 Å². The molecule has 4 heterocycles. The first-order valence-corrected chi connectivity index (χ1v) is 42.0. The van der Waals surface area contributed by atoms with E-state index in [1.165, 1.54) is 25.7 Å². The van der Waals surface area contributed by atoms with Crippen LogP contribution in [0.1, 0.15) is 193 Å².